The first-order chi connectivity index (χ1) is 11.4. The Labute approximate surface area is 146 Å². The van der Waals surface area contributed by atoms with Crippen molar-refractivity contribution >= 4 is 49.9 Å². The molecule has 6 nitrogen and oxygen atoms in total. The van der Waals surface area contributed by atoms with Crippen molar-refractivity contribution in [2.24, 2.45) is 0 Å². The number of benzene rings is 1. The first-order valence-corrected chi connectivity index (χ1v) is 8.93. The Morgan fingerprint density at radius 3 is 2.79 bits per heavy atom. The summed E-state index contributed by atoms with van der Waals surface area (Å²) in [7, 11) is 0. The number of carbonyl (C=O) groups is 2. The molecule has 3 rings (SSSR count). The minimum Gasteiger partial charge on any atom is -0.449 e. The summed E-state index contributed by atoms with van der Waals surface area (Å²) in [6.45, 7) is 5.34. The van der Waals surface area contributed by atoms with E-state index in [0.717, 1.165) is 20.8 Å². The van der Waals surface area contributed by atoms with E-state index in [1.165, 1.54) is 29.6 Å². The minimum absolute atomic E-state index is 0.396. The van der Waals surface area contributed by atoms with Crippen LogP contribution in [0.1, 0.15) is 27.9 Å². The zero-order chi connectivity index (χ0) is 17.3. The van der Waals surface area contributed by atoms with E-state index in [1.807, 2.05) is 13.8 Å². The molecule has 2 aromatic heterocycles. The zero-order valence-corrected chi connectivity index (χ0v) is 15.0. The molecule has 0 saturated carbocycles. The van der Waals surface area contributed by atoms with Crippen molar-refractivity contribution in [1.29, 1.82) is 0 Å². The molecule has 0 fully saturated rings. The lowest BCUT2D eigenvalue weighted by atomic mass is 10.2. The SMILES string of the molecule is Cc1nc(NC(=O)[C@@H](C)OC(=O)c2ccc3ncsc3c2)sc1C. The second-order valence-corrected chi connectivity index (χ2v) is 7.32. The number of thiazole rings is 2. The van der Waals surface area contributed by atoms with Gasteiger partial charge in [0.25, 0.3) is 5.91 Å². The van der Waals surface area contributed by atoms with Gasteiger partial charge in [0, 0.05) is 4.88 Å². The van der Waals surface area contributed by atoms with Gasteiger partial charge in [-0.05, 0) is 39.0 Å². The Balaban J connectivity index is 1.65. The lowest BCUT2D eigenvalue weighted by Crippen LogP contribution is -2.29. The summed E-state index contributed by atoms with van der Waals surface area (Å²) in [6, 6.07) is 5.12. The highest BCUT2D eigenvalue weighted by molar-refractivity contribution is 7.16. The fraction of sp³-hybridized carbons (Fsp3) is 0.250. The van der Waals surface area contributed by atoms with E-state index in [0.29, 0.717) is 10.7 Å². The van der Waals surface area contributed by atoms with Gasteiger partial charge in [0.1, 0.15) is 0 Å². The van der Waals surface area contributed by atoms with Crippen molar-refractivity contribution in [3.05, 3.63) is 39.8 Å². The van der Waals surface area contributed by atoms with Crippen LogP contribution in [-0.2, 0) is 9.53 Å². The van der Waals surface area contributed by atoms with Crippen LogP contribution in [0.5, 0.6) is 0 Å². The predicted octanol–water partition coefficient (Wildman–Crippen LogP) is 3.55. The first-order valence-electron chi connectivity index (χ1n) is 7.23. The van der Waals surface area contributed by atoms with E-state index in [1.54, 1.807) is 23.7 Å². The van der Waals surface area contributed by atoms with E-state index in [4.69, 9.17) is 4.74 Å². The Bertz CT molecular complexity index is 897. The largest absolute Gasteiger partial charge is 0.449 e. The molecule has 0 unspecified atom stereocenters. The van der Waals surface area contributed by atoms with Crippen LogP contribution in [0.25, 0.3) is 10.2 Å². The van der Waals surface area contributed by atoms with Crippen LogP contribution in [0.3, 0.4) is 0 Å². The van der Waals surface area contributed by atoms with Crippen LogP contribution in [-0.4, -0.2) is 27.9 Å². The van der Waals surface area contributed by atoms with Gasteiger partial charge in [-0.1, -0.05) is 0 Å². The molecule has 0 aliphatic carbocycles. The molecule has 124 valence electrons. The summed E-state index contributed by atoms with van der Waals surface area (Å²) in [5.74, 6) is -0.949. The van der Waals surface area contributed by atoms with E-state index < -0.39 is 18.0 Å². The maximum absolute atomic E-state index is 12.2. The van der Waals surface area contributed by atoms with Crippen molar-refractivity contribution in [3.8, 4) is 0 Å². The Morgan fingerprint density at radius 2 is 2.08 bits per heavy atom. The van der Waals surface area contributed by atoms with E-state index >= 15 is 0 Å². The third-order valence-corrected chi connectivity index (χ3v) is 5.26. The Kier molecular flexibility index (Phi) is 4.59. The summed E-state index contributed by atoms with van der Waals surface area (Å²) in [5.41, 5.74) is 3.82. The van der Waals surface area contributed by atoms with E-state index in [2.05, 4.69) is 15.3 Å². The van der Waals surface area contributed by atoms with Crippen LogP contribution < -0.4 is 5.32 Å². The standard InChI is InChI=1S/C16H15N3O3S2/c1-8-10(3)24-16(18-8)19-14(20)9(2)22-15(21)11-4-5-12-13(6-11)23-7-17-12/h4-7,9H,1-3H3,(H,18,19,20)/t9-/m1/s1. The highest BCUT2D eigenvalue weighted by atomic mass is 32.1. The molecule has 1 N–H and O–H groups in total. The second kappa shape index (κ2) is 6.66. The van der Waals surface area contributed by atoms with Crippen LogP contribution >= 0.6 is 22.7 Å². The number of nitrogens with one attached hydrogen (secondary N) is 1. The predicted molar refractivity (Wildman–Crippen MR) is 94.7 cm³/mol. The fourth-order valence-corrected chi connectivity index (χ4v) is 3.53. The van der Waals surface area contributed by atoms with Gasteiger partial charge in [-0.25, -0.2) is 14.8 Å². The number of esters is 1. The number of ether oxygens (including phenoxy) is 1. The van der Waals surface area contributed by atoms with Gasteiger partial charge in [-0.3, -0.25) is 10.1 Å². The lowest BCUT2D eigenvalue weighted by Gasteiger charge is -2.12. The molecule has 1 atom stereocenters. The van der Waals surface area contributed by atoms with Gasteiger partial charge < -0.3 is 4.74 Å². The van der Waals surface area contributed by atoms with Crippen molar-refractivity contribution in [2.45, 2.75) is 26.9 Å². The van der Waals surface area contributed by atoms with Crippen molar-refractivity contribution in [2.75, 3.05) is 5.32 Å². The highest BCUT2D eigenvalue weighted by Gasteiger charge is 2.20. The maximum Gasteiger partial charge on any atom is 0.338 e. The molecule has 24 heavy (non-hydrogen) atoms. The first kappa shape index (κ1) is 16.5. The monoisotopic (exact) mass is 361 g/mol. The number of nitrogens with zero attached hydrogens (tertiary/aromatic N) is 2. The average Bonchev–Trinajstić information content (AvgIpc) is 3.13. The van der Waals surface area contributed by atoms with Gasteiger partial charge in [-0.2, -0.15) is 0 Å². The minimum atomic E-state index is -0.917. The van der Waals surface area contributed by atoms with Crippen LogP contribution in [0.2, 0.25) is 0 Å². The number of rotatable bonds is 4. The smallest absolute Gasteiger partial charge is 0.338 e. The molecule has 0 bridgehead atoms. The number of hydrogen-bond donors (Lipinski definition) is 1. The number of fused-ring (bicyclic) bond motifs is 1. The summed E-state index contributed by atoms with van der Waals surface area (Å²) < 4.78 is 6.14. The summed E-state index contributed by atoms with van der Waals surface area (Å²) >= 11 is 2.83. The highest BCUT2D eigenvalue weighted by Crippen LogP contribution is 2.22. The van der Waals surface area contributed by atoms with E-state index in [9.17, 15) is 9.59 Å². The van der Waals surface area contributed by atoms with Gasteiger partial charge in [0.05, 0.1) is 27.0 Å². The quantitative estimate of drug-likeness (QED) is 0.719. The molecule has 2 heterocycles. The molecule has 3 aromatic rings. The van der Waals surface area contributed by atoms with Crippen molar-refractivity contribution in [1.82, 2.24) is 9.97 Å². The molecule has 0 spiro atoms. The summed E-state index contributed by atoms with van der Waals surface area (Å²) in [6.07, 6.45) is -0.917. The fourth-order valence-electron chi connectivity index (χ4n) is 2.00. The average molecular weight is 361 g/mol. The topological polar surface area (TPSA) is 81.2 Å². The summed E-state index contributed by atoms with van der Waals surface area (Å²) in [4.78, 5) is 33.8. The number of anilines is 1. The third kappa shape index (κ3) is 3.44. The molecule has 8 heteroatoms. The van der Waals surface area contributed by atoms with Gasteiger partial charge in [-0.15, -0.1) is 22.7 Å². The van der Waals surface area contributed by atoms with Crippen molar-refractivity contribution < 1.29 is 14.3 Å². The van der Waals surface area contributed by atoms with Gasteiger partial charge >= 0.3 is 5.97 Å². The van der Waals surface area contributed by atoms with Gasteiger partial charge in [0.15, 0.2) is 11.2 Å². The molecular weight excluding hydrogens is 346 g/mol. The zero-order valence-electron chi connectivity index (χ0n) is 13.3. The molecule has 0 aliphatic heterocycles. The number of amides is 1. The molecular formula is C16H15N3O3S2. The van der Waals surface area contributed by atoms with E-state index in [-0.39, 0.29) is 0 Å². The van der Waals surface area contributed by atoms with Gasteiger partial charge in [0.2, 0.25) is 0 Å². The lowest BCUT2D eigenvalue weighted by molar-refractivity contribution is -0.123. The summed E-state index contributed by atoms with van der Waals surface area (Å²) in [5, 5.41) is 3.17. The van der Waals surface area contributed by atoms with Crippen LogP contribution in [0.4, 0.5) is 5.13 Å². The molecule has 1 amide bonds. The maximum atomic E-state index is 12.2. The van der Waals surface area contributed by atoms with Crippen molar-refractivity contribution in [3.63, 3.8) is 0 Å². The Hall–Kier alpha value is -2.32. The number of aromatic nitrogens is 2. The van der Waals surface area contributed by atoms with Crippen LogP contribution in [0, 0.1) is 13.8 Å². The van der Waals surface area contributed by atoms with Crippen LogP contribution in [0.15, 0.2) is 23.7 Å². The number of hydrogen-bond acceptors (Lipinski definition) is 7. The molecule has 1 aromatic carbocycles. The normalized spacial score (nSPS) is 12.1. The molecule has 0 saturated heterocycles. The second-order valence-electron chi connectivity index (χ2n) is 5.23. The molecule has 0 aliphatic rings. The number of carbonyl (C=O) groups excluding carboxylic acids is 2. The third-order valence-electron chi connectivity index (χ3n) is 3.48. The molecule has 0 radical (unpaired) electrons. The Morgan fingerprint density at radius 1 is 1.29 bits per heavy atom. The number of aryl methyl sites for hydroxylation is 2.